The number of hydrogen-bond acceptors (Lipinski definition) is 4. The quantitative estimate of drug-likeness (QED) is 0.738. The molecule has 6 heteroatoms. The number of halogens is 1. The van der Waals surface area contributed by atoms with E-state index in [-0.39, 0.29) is 5.82 Å². The first-order valence-electron chi connectivity index (χ1n) is 6.08. The number of rotatable bonds is 2. The topological polar surface area (TPSA) is 52.7 Å². The second kappa shape index (κ2) is 5.07. The molecule has 2 heterocycles. The zero-order chi connectivity index (χ0) is 13.2. The molecule has 0 spiro atoms. The second-order valence-electron chi connectivity index (χ2n) is 4.41. The number of aromatic amines is 1. The molecular formula is C13H13FN4S. The van der Waals surface area contributed by atoms with Crippen molar-refractivity contribution in [3.63, 3.8) is 0 Å². The van der Waals surface area contributed by atoms with Crippen LogP contribution >= 0.6 is 12.2 Å². The van der Waals surface area contributed by atoms with Gasteiger partial charge >= 0.3 is 0 Å². The number of fused-ring (bicyclic) bond motifs is 1. The first-order chi connectivity index (χ1) is 9.22. The molecule has 0 bridgehead atoms. The number of aromatic nitrogens is 2. The molecule has 0 aliphatic carbocycles. The van der Waals surface area contributed by atoms with Crippen molar-refractivity contribution in [3.8, 4) is 0 Å². The van der Waals surface area contributed by atoms with Crippen LogP contribution in [-0.2, 0) is 13.0 Å². The summed E-state index contributed by atoms with van der Waals surface area (Å²) in [5.41, 5.74) is 2.82. The molecule has 4 nitrogen and oxygen atoms in total. The summed E-state index contributed by atoms with van der Waals surface area (Å²) in [4.78, 5) is 7.41. The molecule has 0 saturated heterocycles. The van der Waals surface area contributed by atoms with E-state index >= 15 is 0 Å². The van der Waals surface area contributed by atoms with E-state index in [0.717, 1.165) is 30.8 Å². The smallest absolute Gasteiger partial charge is 0.198 e. The lowest BCUT2D eigenvalue weighted by molar-refractivity contribution is 0.625. The van der Waals surface area contributed by atoms with Gasteiger partial charge < -0.3 is 15.6 Å². The minimum Gasteiger partial charge on any atom is -0.340 e. The van der Waals surface area contributed by atoms with Crippen LogP contribution < -0.4 is 10.6 Å². The summed E-state index contributed by atoms with van der Waals surface area (Å²) in [6, 6.07) is 6.30. The molecule has 3 N–H and O–H groups in total. The average Bonchev–Trinajstić information content (AvgIpc) is 2.38. The molecule has 0 amide bonds. The highest BCUT2D eigenvalue weighted by Crippen LogP contribution is 2.23. The molecule has 2 aromatic rings. The molecule has 1 aliphatic heterocycles. The number of benzene rings is 1. The van der Waals surface area contributed by atoms with Crippen molar-refractivity contribution in [2.24, 2.45) is 0 Å². The number of H-pyrrole nitrogens is 1. The first kappa shape index (κ1) is 12.3. The van der Waals surface area contributed by atoms with Crippen LogP contribution in [0.3, 0.4) is 0 Å². The highest BCUT2D eigenvalue weighted by Gasteiger charge is 2.15. The van der Waals surface area contributed by atoms with Crippen molar-refractivity contribution in [2.45, 2.75) is 13.0 Å². The lowest BCUT2D eigenvalue weighted by Crippen LogP contribution is -2.26. The highest BCUT2D eigenvalue weighted by atomic mass is 32.1. The van der Waals surface area contributed by atoms with Crippen molar-refractivity contribution < 1.29 is 4.39 Å². The van der Waals surface area contributed by atoms with Crippen LogP contribution in [0, 0.1) is 10.6 Å². The van der Waals surface area contributed by atoms with Gasteiger partial charge in [0.05, 0.1) is 0 Å². The van der Waals surface area contributed by atoms with E-state index in [1.807, 2.05) is 0 Å². The molecular weight excluding hydrogens is 263 g/mol. The summed E-state index contributed by atoms with van der Waals surface area (Å²) in [6.07, 6.45) is 0.888. The third-order valence-electron chi connectivity index (χ3n) is 3.06. The molecule has 1 aliphatic rings. The summed E-state index contributed by atoms with van der Waals surface area (Å²) in [7, 11) is 0. The highest BCUT2D eigenvalue weighted by molar-refractivity contribution is 7.71. The molecule has 19 heavy (non-hydrogen) atoms. The maximum Gasteiger partial charge on any atom is 0.198 e. The number of hydrogen-bond donors (Lipinski definition) is 3. The number of nitrogens with one attached hydrogen (secondary N) is 3. The fraction of sp³-hybridized carbons (Fsp3) is 0.231. The van der Waals surface area contributed by atoms with E-state index in [0.29, 0.717) is 16.3 Å². The van der Waals surface area contributed by atoms with Crippen LogP contribution in [0.2, 0.25) is 0 Å². The van der Waals surface area contributed by atoms with Gasteiger partial charge in [-0.25, -0.2) is 9.37 Å². The maximum absolute atomic E-state index is 13.2. The Morgan fingerprint density at radius 1 is 1.37 bits per heavy atom. The van der Waals surface area contributed by atoms with Crippen molar-refractivity contribution in [1.29, 1.82) is 0 Å². The van der Waals surface area contributed by atoms with E-state index in [1.165, 1.54) is 12.1 Å². The Hall–Kier alpha value is -1.79. The van der Waals surface area contributed by atoms with Crippen LogP contribution in [0.15, 0.2) is 24.3 Å². The molecule has 98 valence electrons. The van der Waals surface area contributed by atoms with Crippen LogP contribution in [0.1, 0.15) is 11.3 Å². The minimum absolute atomic E-state index is 0.280. The van der Waals surface area contributed by atoms with Crippen LogP contribution in [0.25, 0.3) is 0 Å². The molecule has 0 unspecified atom stereocenters. The van der Waals surface area contributed by atoms with E-state index in [9.17, 15) is 4.39 Å². The van der Waals surface area contributed by atoms with Gasteiger partial charge in [0.1, 0.15) is 11.6 Å². The van der Waals surface area contributed by atoms with Crippen molar-refractivity contribution in [1.82, 2.24) is 15.3 Å². The van der Waals surface area contributed by atoms with E-state index < -0.39 is 0 Å². The predicted molar refractivity (Wildman–Crippen MR) is 74.5 cm³/mol. The number of anilines is 2. The standard InChI is InChI=1S/C13H13FN4S/c14-8-2-1-3-9(6-8)16-12-10-7-15-5-4-11(10)17-13(19)18-12/h1-3,6,15H,4-5,7H2,(H2,16,17,18,19). The van der Waals surface area contributed by atoms with E-state index in [2.05, 4.69) is 20.6 Å². The molecule has 0 fully saturated rings. The van der Waals surface area contributed by atoms with Crippen LogP contribution in [0.5, 0.6) is 0 Å². The summed E-state index contributed by atoms with van der Waals surface area (Å²) in [5, 5.41) is 6.43. The van der Waals surface area contributed by atoms with Crippen molar-refractivity contribution in [2.75, 3.05) is 11.9 Å². The monoisotopic (exact) mass is 276 g/mol. The second-order valence-corrected chi connectivity index (χ2v) is 4.80. The Morgan fingerprint density at radius 2 is 2.26 bits per heavy atom. The Balaban J connectivity index is 2.00. The summed E-state index contributed by atoms with van der Waals surface area (Å²) >= 11 is 5.13. The van der Waals surface area contributed by atoms with Crippen molar-refractivity contribution in [3.05, 3.63) is 46.1 Å². The zero-order valence-electron chi connectivity index (χ0n) is 10.2. The Bertz CT molecular complexity index is 668. The van der Waals surface area contributed by atoms with Crippen LogP contribution in [0.4, 0.5) is 15.9 Å². The molecule has 0 saturated carbocycles. The molecule has 3 rings (SSSR count). The van der Waals surface area contributed by atoms with Crippen LogP contribution in [-0.4, -0.2) is 16.5 Å². The third-order valence-corrected chi connectivity index (χ3v) is 3.26. The van der Waals surface area contributed by atoms with Gasteiger partial charge in [-0.1, -0.05) is 6.07 Å². The van der Waals surface area contributed by atoms with Gasteiger partial charge in [0, 0.05) is 36.5 Å². The van der Waals surface area contributed by atoms with Gasteiger partial charge in [0.15, 0.2) is 4.77 Å². The maximum atomic E-state index is 13.2. The normalized spacial score (nSPS) is 13.9. The Labute approximate surface area is 115 Å². The zero-order valence-corrected chi connectivity index (χ0v) is 11.0. The molecule has 0 radical (unpaired) electrons. The van der Waals surface area contributed by atoms with Gasteiger partial charge in [-0.15, -0.1) is 0 Å². The Kier molecular flexibility index (Phi) is 3.27. The third kappa shape index (κ3) is 2.64. The predicted octanol–water partition coefficient (Wildman–Crippen LogP) is 2.67. The first-order valence-corrected chi connectivity index (χ1v) is 6.48. The number of nitrogens with zero attached hydrogens (tertiary/aromatic N) is 1. The molecule has 0 atom stereocenters. The SMILES string of the molecule is Fc1cccc(Nc2nc(=S)[nH]c3c2CNCC3)c1. The Morgan fingerprint density at radius 3 is 3.11 bits per heavy atom. The fourth-order valence-corrected chi connectivity index (χ4v) is 2.40. The lowest BCUT2D eigenvalue weighted by Gasteiger charge is -2.20. The minimum atomic E-state index is -0.280. The summed E-state index contributed by atoms with van der Waals surface area (Å²) in [6.45, 7) is 1.65. The average molecular weight is 276 g/mol. The van der Waals surface area contributed by atoms with E-state index in [4.69, 9.17) is 12.2 Å². The molecule has 1 aromatic heterocycles. The van der Waals surface area contributed by atoms with Gasteiger partial charge in [-0.3, -0.25) is 0 Å². The molecule has 1 aromatic carbocycles. The van der Waals surface area contributed by atoms with Gasteiger partial charge in [0.2, 0.25) is 0 Å². The lowest BCUT2D eigenvalue weighted by atomic mass is 10.1. The van der Waals surface area contributed by atoms with Crippen molar-refractivity contribution >= 4 is 23.7 Å². The van der Waals surface area contributed by atoms with Gasteiger partial charge in [0.25, 0.3) is 0 Å². The van der Waals surface area contributed by atoms with Gasteiger partial charge in [-0.05, 0) is 30.4 Å². The van der Waals surface area contributed by atoms with Gasteiger partial charge in [-0.2, -0.15) is 0 Å². The fourth-order valence-electron chi connectivity index (χ4n) is 2.18. The summed E-state index contributed by atoms with van der Waals surface area (Å²) in [5.74, 6) is 0.412. The van der Waals surface area contributed by atoms with E-state index in [1.54, 1.807) is 12.1 Å². The summed E-state index contributed by atoms with van der Waals surface area (Å²) < 4.78 is 13.6. The largest absolute Gasteiger partial charge is 0.340 e.